The van der Waals surface area contributed by atoms with E-state index in [1.165, 1.54) is 18.2 Å². The molecule has 0 aliphatic carbocycles. The van der Waals surface area contributed by atoms with Crippen molar-refractivity contribution in [2.24, 2.45) is 0 Å². The summed E-state index contributed by atoms with van der Waals surface area (Å²) >= 11 is 5.87. The molecular weight excluding hydrogens is 291 g/mol. The molecule has 1 unspecified atom stereocenters. The Morgan fingerprint density at radius 1 is 1.29 bits per heavy atom. The molecule has 3 rings (SSSR count). The van der Waals surface area contributed by atoms with Crippen LogP contribution in [0, 0.1) is 5.82 Å². The molecule has 0 N–H and O–H groups in total. The van der Waals surface area contributed by atoms with Crippen LogP contribution in [0.3, 0.4) is 0 Å². The minimum Gasteiger partial charge on any atom is -0.493 e. The Hall–Kier alpha value is -1.87. The minimum atomic E-state index is -0.395. The number of Topliss-reactive ketones (excluding diaryl/α,β-unsaturated/α-hetero) is 1. The molecule has 108 valence electrons. The van der Waals surface area contributed by atoms with Gasteiger partial charge in [-0.25, -0.2) is 4.39 Å². The number of para-hydroxylation sites is 1. The maximum atomic E-state index is 13.8. The van der Waals surface area contributed by atoms with Crippen molar-refractivity contribution in [1.82, 2.24) is 0 Å². The number of rotatable bonds is 3. The van der Waals surface area contributed by atoms with Crippen LogP contribution in [0.25, 0.3) is 0 Å². The molecule has 2 aromatic carbocycles. The number of carbonyl (C=O) groups excluding carboxylic acids is 1. The highest BCUT2D eigenvalue weighted by Crippen LogP contribution is 2.34. The molecule has 21 heavy (non-hydrogen) atoms. The van der Waals surface area contributed by atoms with E-state index in [2.05, 4.69) is 0 Å². The summed E-state index contributed by atoms with van der Waals surface area (Å²) in [6.45, 7) is 0.505. The van der Waals surface area contributed by atoms with Gasteiger partial charge in [-0.2, -0.15) is 0 Å². The molecule has 4 heteroatoms. The standard InChI is InChI=1S/C17H14ClFO2/c18-12-5-6-15(19)11(9-12)10-16(20)13-7-8-21-17-4-2-1-3-14(13)17/h1-6,9,13H,7-8,10H2. The lowest BCUT2D eigenvalue weighted by atomic mass is 9.87. The van der Waals surface area contributed by atoms with Crippen LogP contribution in [0.2, 0.25) is 5.02 Å². The molecule has 0 saturated carbocycles. The lowest BCUT2D eigenvalue weighted by molar-refractivity contribution is -0.120. The fourth-order valence-electron chi connectivity index (χ4n) is 2.67. The Morgan fingerprint density at radius 3 is 2.95 bits per heavy atom. The number of ketones is 1. The molecule has 1 atom stereocenters. The van der Waals surface area contributed by atoms with E-state index in [4.69, 9.17) is 16.3 Å². The molecule has 0 aromatic heterocycles. The lowest BCUT2D eigenvalue weighted by Crippen LogP contribution is -2.22. The van der Waals surface area contributed by atoms with E-state index in [1.54, 1.807) is 0 Å². The highest BCUT2D eigenvalue weighted by molar-refractivity contribution is 6.30. The molecule has 0 saturated heterocycles. The van der Waals surface area contributed by atoms with Gasteiger partial charge in [-0.05, 0) is 36.2 Å². The zero-order valence-corrected chi connectivity index (χ0v) is 12.1. The van der Waals surface area contributed by atoms with E-state index in [0.717, 1.165) is 11.3 Å². The van der Waals surface area contributed by atoms with Gasteiger partial charge in [-0.1, -0.05) is 29.8 Å². The van der Waals surface area contributed by atoms with Gasteiger partial charge in [0.2, 0.25) is 0 Å². The SMILES string of the molecule is O=C(Cc1cc(Cl)ccc1F)C1CCOc2ccccc21. The third-order valence-electron chi connectivity index (χ3n) is 3.72. The van der Waals surface area contributed by atoms with Gasteiger partial charge in [-0.3, -0.25) is 4.79 Å². The van der Waals surface area contributed by atoms with E-state index >= 15 is 0 Å². The van der Waals surface area contributed by atoms with Gasteiger partial charge < -0.3 is 4.74 Å². The Labute approximate surface area is 127 Å². The molecule has 0 radical (unpaired) electrons. The molecule has 1 aliphatic rings. The Bertz CT molecular complexity index is 684. The normalized spacial score (nSPS) is 17.0. The second kappa shape index (κ2) is 5.86. The first-order valence-electron chi connectivity index (χ1n) is 6.83. The summed E-state index contributed by atoms with van der Waals surface area (Å²) in [5.74, 6) is 0.0991. The molecule has 1 heterocycles. The topological polar surface area (TPSA) is 26.3 Å². The second-order valence-corrected chi connectivity index (χ2v) is 5.54. The van der Waals surface area contributed by atoms with Gasteiger partial charge in [0.05, 0.1) is 6.61 Å². The summed E-state index contributed by atoms with van der Waals surface area (Å²) < 4.78 is 19.3. The lowest BCUT2D eigenvalue weighted by Gasteiger charge is -2.25. The third kappa shape index (κ3) is 2.93. The summed E-state index contributed by atoms with van der Waals surface area (Å²) in [4.78, 5) is 12.5. The average molecular weight is 305 g/mol. The zero-order chi connectivity index (χ0) is 14.8. The number of halogens is 2. The largest absolute Gasteiger partial charge is 0.493 e. The van der Waals surface area contributed by atoms with Crippen LogP contribution in [0.4, 0.5) is 4.39 Å². The first-order chi connectivity index (χ1) is 10.1. The monoisotopic (exact) mass is 304 g/mol. The smallest absolute Gasteiger partial charge is 0.145 e. The molecule has 0 bridgehead atoms. The fourth-order valence-corrected chi connectivity index (χ4v) is 2.86. The maximum Gasteiger partial charge on any atom is 0.145 e. The molecule has 1 aliphatic heterocycles. The molecule has 2 aromatic rings. The quantitative estimate of drug-likeness (QED) is 0.851. The van der Waals surface area contributed by atoms with Crippen molar-refractivity contribution in [3.63, 3.8) is 0 Å². The maximum absolute atomic E-state index is 13.8. The van der Waals surface area contributed by atoms with Crippen molar-refractivity contribution in [2.75, 3.05) is 6.61 Å². The van der Waals surface area contributed by atoms with Crippen LogP contribution in [-0.2, 0) is 11.2 Å². The predicted molar refractivity (Wildman–Crippen MR) is 79.4 cm³/mol. The van der Waals surface area contributed by atoms with Crippen LogP contribution >= 0.6 is 11.6 Å². The van der Waals surface area contributed by atoms with Crippen LogP contribution in [-0.4, -0.2) is 12.4 Å². The van der Waals surface area contributed by atoms with Crippen molar-refractivity contribution >= 4 is 17.4 Å². The zero-order valence-electron chi connectivity index (χ0n) is 11.3. The molecule has 0 spiro atoms. The first-order valence-corrected chi connectivity index (χ1v) is 7.21. The van der Waals surface area contributed by atoms with E-state index in [1.807, 2.05) is 24.3 Å². The summed E-state index contributed by atoms with van der Waals surface area (Å²) in [6, 6.07) is 11.8. The first kappa shape index (κ1) is 14.1. The van der Waals surface area contributed by atoms with Crippen molar-refractivity contribution < 1.29 is 13.9 Å². The van der Waals surface area contributed by atoms with E-state index in [9.17, 15) is 9.18 Å². The number of carbonyl (C=O) groups is 1. The molecular formula is C17H14ClFO2. The third-order valence-corrected chi connectivity index (χ3v) is 3.95. The van der Waals surface area contributed by atoms with Gasteiger partial charge in [-0.15, -0.1) is 0 Å². The number of benzene rings is 2. The number of fused-ring (bicyclic) bond motifs is 1. The summed E-state index contributed by atoms with van der Waals surface area (Å²) in [7, 11) is 0. The highest BCUT2D eigenvalue weighted by atomic mass is 35.5. The molecule has 0 amide bonds. The average Bonchev–Trinajstić information content (AvgIpc) is 2.50. The van der Waals surface area contributed by atoms with Crippen molar-refractivity contribution in [1.29, 1.82) is 0 Å². The van der Waals surface area contributed by atoms with Crippen LogP contribution < -0.4 is 4.74 Å². The van der Waals surface area contributed by atoms with Crippen molar-refractivity contribution in [2.45, 2.75) is 18.8 Å². The minimum absolute atomic E-state index is 0.00748. The van der Waals surface area contributed by atoms with Crippen LogP contribution in [0.1, 0.15) is 23.5 Å². The Morgan fingerprint density at radius 2 is 2.10 bits per heavy atom. The van der Waals surface area contributed by atoms with Gasteiger partial charge in [0.15, 0.2) is 0 Å². The summed E-state index contributed by atoms with van der Waals surface area (Å²) in [5, 5.41) is 0.437. The number of hydrogen-bond acceptors (Lipinski definition) is 2. The second-order valence-electron chi connectivity index (χ2n) is 5.11. The Balaban J connectivity index is 1.85. The Kier molecular flexibility index (Phi) is 3.93. The van der Waals surface area contributed by atoms with E-state index in [-0.39, 0.29) is 18.1 Å². The van der Waals surface area contributed by atoms with Crippen LogP contribution in [0.5, 0.6) is 5.75 Å². The highest BCUT2D eigenvalue weighted by Gasteiger charge is 2.27. The molecule has 2 nitrogen and oxygen atoms in total. The van der Waals surface area contributed by atoms with Gasteiger partial charge in [0, 0.05) is 22.9 Å². The number of ether oxygens (including phenoxy) is 1. The summed E-state index contributed by atoms with van der Waals surface area (Å²) in [5.41, 5.74) is 1.23. The van der Waals surface area contributed by atoms with Gasteiger partial charge in [0.25, 0.3) is 0 Å². The van der Waals surface area contributed by atoms with Crippen molar-refractivity contribution in [3.05, 3.63) is 64.4 Å². The van der Waals surface area contributed by atoms with E-state index in [0.29, 0.717) is 23.6 Å². The van der Waals surface area contributed by atoms with Crippen molar-refractivity contribution in [3.8, 4) is 5.75 Å². The fraction of sp³-hybridized carbons (Fsp3) is 0.235. The van der Waals surface area contributed by atoms with Gasteiger partial charge >= 0.3 is 0 Å². The van der Waals surface area contributed by atoms with Gasteiger partial charge in [0.1, 0.15) is 17.3 Å². The summed E-state index contributed by atoms with van der Waals surface area (Å²) in [6.07, 6.45) is 0.670. The number of hydrogen-bond donors (Lipinski definition) is 0. The van der Waals surface area contributed by atoms with E-state index < -0.39 is 5.82 Å². The predicted octanol–water partition coefficient (Wildman–Crippen LogP) is 4.16. The molecule has 0 fully saturated rings. The van der Waals surface area contributed by atoms with Crippen LogP contribution in [0.15, 0.2) is 42.5 Å².